The van der Waals surface area contributed by atoms with Gasteiger partial charge in [0.05, 0.1) is 6.54 Å². The molecule has 0 aliphatic rings. The highest BCUT2D eigenvalue weighted by atomic mass is 127. The largest absolute Gasteiger partial charge is 0.492 e. The van der Waals surface area contributed by atoms with Crippen molar-refractivity contribution in [2.24, 2.45) is 4.99 Å². The summed E-state index contributed by atoms with van der Waals surface area (Å²) in [5.41, 5.74) is 0.723. The van der Waals surface area contributed by atoms with E-state index in [0.29, 0.717) is 18.9 Å². The van der Waals surface area contributed by atoms with Gasteiger partial charge in [0.2, 0.25) is 5.91 Å². The molecule has 1 amide bonds. The number of benzene rings is 2. The maximum absolute atomic E-state index is 11.1. The monoisotopic (exact) mass is 514 g/mol. The van der Waals surface area contributed by atoms with Crippen LogP contribution >= 0.6 is 35.7 Å². The van der Waals surface area contributed by atoms with Crippen molar-refractivity contribution in [1.29, 1.82) is 0 Å². The minimum absolute atomic E-state index is 0. The van der Waals surface area contributed by atoms with Crippen molar-refractivity contribution >= 4 is 53.3 Å². The van der Waals surface area contributed by atoms with Crippen LogP contribution in [0, 0.1) is 0 Å². The van der Waals surface area contributed by atoms with Crippen LogP contribution in [0.3, 0.4) is 0 Å². The van der Waals surface area contributed by atoms with E-state index in [1.807, 2.05) is 36.4 Å². The number of thioether (sulfide) groups is 1. The zero-order chi connectivity index (χ0) is 19.3. The van der Waals surface area contributed by atoms with Gasteiger partial charge in [-0.25, -0.2) is 0 Å². The summed E-state index contributed by atoms with van der Waals surface area (Å²) in [6, 6.07) is 17.7. The van der Waals surface area contributed by atoms with Gasteiger partial charge in [-0.2, -0.15) is 0 Å². The molecule has 0 spiro atoms. The predicted molar refractivity (Wildman–Crippen MR) is 128 cm³/mol. The first-order valence-electron chi connectivity index (χ1n) is 8.80. The highest BCUT2D eigenvalue weighted by Gasteiger charge is 2.00. The van der Waals surface area contributed by atoms with Crippen molar-refractivity contribution in [3.63, 3.8) is 0 Å². The fourth-order valence-corrected chi connectivity index (χ4v) is 3.07. The summed E-state index contributed by atoms with van der Waals surface area (Å²) in [5, 5.41) is 9.24. The van der Waals surface area contributed by atoms with Crippen LogP contribution in [0.2, 0.25) is 0 Å². The van der Waals surface area contributed by atoms with Gasteiger partial charge in [-0.05, 0) is 24.3 Å². The lowest BCUT2D eigenvalue weighted by Crippen LogP contribution is -2.40. The fraction of sp³-hybridized carbons (Fsp3) is 0.300. The quantitative estimate of drug-likeness (QED) is 0.157. The average molecular weight is 514 g/mol. The molecule has 0 saturated carbocycles. The van der Waals surface area contributed by atoms with Crippen molar-refractivity contribution < 1.29 is 9.53 Å². The van der Waals surface area contributed by atoms with Crippen LogP contribution in [0.5, 0.6) is 5.75 Å². The van der Waals surface area contributed by atoms with E-state index < -0.39 is 0 Å². The Morgan fingerprint density at radius 1 is 1.07 bits per heavy atom. The molecular weight excluding hydrogens is 487 g/mol. The number of guanidine groups is 1. The predicted octanol–water partition coefficient (Wildman–Crippen LogP) is 3.60. The molecule has 28 heavy (non-hydrogen) atoms. The minimum atomic E-state index is -0.103. The normalized spacial score (nSPS) is 10.6. The fourth-order valence-electron chi connectivity index (χ4n) is 2.28. The second-order valence-electron chi connectivity index (χ2n) is 5.64. The molecule has 0 aliphatic heterocycles. The number of anilines is 1. The molecule has 2 rings (SSSR count). The summed E-state index contributed by atoms with van der Waals surface area (Å²) in [4.78, 5) is 16.6. The number of nitrogens with zero attached hydrogens (tertiary/aromatic N) is 1. The lowest BCUT2D eigenvalue weighted by atomic mass is 10.3. The van der Waals surface area contributed by atoms with Gasteiger partial charge >= 0.3 is 0 Å². The van der Waals surface area contributed by atoms with Crippen LogP contribution in [-0.4, -0.2) is 44.4 Å². The molecule has 6 nitrogen and oxygen atoms in total. The summed E-state index contributed by atoms with van der Waals surface area (Å²) in [5.74, 6) is 2.32. The van der Waals surface area contributed by atoms with Gasteiger partial charge in [-0.1, -0.05) is 24.3 Å². The molecule has 0 aromatic heterocycles. The Labute approximate surface area is 187 Å². The van der Waals surface area contributed by atoms with Crippen LogP contribution in [0.1, 0.15) is 6.92 Å². The molecule has 2 aromatic rings. The standard InChI is InChI=1S/C20H26N4O2S.HI/c1-16(25)24-17-7-6-8-18(15-17)26-13-11-22-20(21-2)23-12-14-27-19-9-4-3-5-10-19;/h3-10,15H,11-14H2,1-2H3,(H,24,25)(H2,21,22,23);1H. The van der Waals surface area contributed by atoms with E-state index in [2.05, 4.69) is 33.1 Å². The Morgan fingerprint density at radius 2 is 1.82 bits per heavy atom. The van der Waals surface area contributed by atoms with E-state index in [4.69, 9.17) is 4.74 Å². The number of halogens is 1. The second kappa shape index (κ2) is 14.1. The molecule has 152 valence electrons. The number of aliphatic imine (C=N–C) groups is 1. The summed E-state index contributed by atoms with van der Waals surface area (Å²) >= 11 is 1.80. The molecule has 0 radical (unpaired) electrons. The SMILES string of the molecule is CN=C(NCCOc1cccc(NC(C)=O)c1)NCCSc1ccccc1.I. The van der Waals surface area contributed by atoms with E-state index in [1.54, 1.807) is 24.9 Å². The maximum atomic E-state index is 11.1. The second-order valence-corrected chi connectivity index (χ2v) is 6.81. The number of amides is 1. The van der Waals surface area contributed by atoms with Crippen LogP contribution in [0.15, 0.2) is 64.5 Å². The van der Waals surface area contributed by atoms with E-state index in [1.165, 1.54) is 11.8 Å². The van der Waals surface area contributed by atoms with Crippen LogP contribution in [0.25, 0.3) is 0 Å². The highest BCUT2D eigenvalue weighted by molar-refractivity contribution is 14.0. The van der Waals surface area contributed by atoms with Gasteiger partial charge in [-0.15, -0.1) is 35.7 Å². The molecule has 0 aliphatic carbocycles. The zero-order valence-electron chi connectivity index (χ0n) is 16.1. The molecule has 0 saturated heterocycles. The molecule has 0 bridgehead atoms. The van der Waals surface area contributed by atoms with Gasteiger partial charge in [0.15, 0.2) is 5.96 Å². The zero-order valence-corrected chi connectivity index (χ0v) is 19.3. The molecule has 3 N–H and O–H groups in total. The number of carbonyl (C=O) groups is 1. The van der Waals surface area contributed by atoms with Gasteiger partial charge in [0, 0.05) is 42.9 Å². The molecule has 0 unspecified atom stereocenters. The Kier molecular flexibility index (Phi) is 12.1. The lowest BCUT2D eigenvalue weighted by molar-refractivity contribution is -0.114. The average Bonchev–Trinajstić information content (AvgIpc) is 2.67. The third kappa shape index (κ3) is 9.84. The van der Waals surface area contributed by atoms with Gasteiger partial charge in [-0.3, -0.25) is 9.79 Å². The first kappa shape index (κ1) is 24.1. The van der Waals surface area contributed by atoms with Crippen molar-refractivity contribution in [2.75, 3.05) is 37.8 Å². The summed E-state index contributed by atoms with van der Waals surface area (Å²) in [6.07, 6.45) is 0. The van der Waals surface area contributed by atoms with Gasteiger partial charge in [0.25, 0.3) is 0 Å². The molecule has 8 heteroatoms. The van der Waals surface area contributed by atoms with Crippen LogP contribution in [-0.2, 0) is 4.79 Å². The molecular formula is C20H27IN4O2S. The maximum Gasteiger partial charge on any atom is 0.221 e. The Bertz CT molecular complexity index is 744. The molecule has 2 aromatic carbocycles. The van der Waals surface area contributed by atoms with E-state index in [-0.39, 0.29) is 29.9 Å². The van der Waals surface area contributed by atoms with Gasteiger partial charge in [0.1, 0.15) is 12.4 Å². The topological polar surface area (TPSA) is 74.8 Å². The van der Waals surface area contributed by atoms with Crippen molar-refractivity contribution in [2.45, 2.75) is 11.8 Å². The van der Waals surface area contributed by atoms with Crippen LogP contribution in [0.4, 0.5) is 5.69 Å². The van der Waals surface area contributed by atoms with Crippen LogP contribution < -0.4 is 20.7 Å². The Balaban J connectivity index is 0.00000392. The number of nitrogens with one attached hydrogen (secondary N) is 3. The molecule has 0 atom stereocenters. The Hall–Kier alpha value is -1.94. The Morgan fingerprint density at radius 3 is 2.54 bits per heavy atom. The smallest absolute Gasteiger partial charge is 0.221 e. The van der Waals surface area contributed by atoms with E-state index in [9.17, 15) is 4.79 Å². The molecule has 0 fully saturated rings. The van der Waals surface area contributed by atoms with Crippen molar-refractivity contribution in [3.05, 3.63) is 54.6 Å². The van der Waals surface area contributed by atoms with Crippen molar-refractivity contribution in [1.82, 2.24) is 10.6 Å². The summed E-state index contributed by atoms with van der Waals surface area (Å²) in [6.45, 7) is 3.41. The third-order valence-electron chi connectivity index (χ3n) is 3.45. The lowest BCUT2D eigenvalue weighted by Gasteiger charge is -2.13. The van der Waals surface area contributed by atoms with Crippen molar-refractivity contribution in [3.8, 4) is 5.75 Å². The first-order chi connectivity index (χ1) is 13.2. The van der Waals surface area contributed by atoms with E-state index >= 15 is 0 Å². The number of ether oxygens (including phenoxy) is 1. The van der Waals surface area contributed by atoms with E-state index in [0.717, 1.165) is 23.9 Å². The number of hydrogen-bond donors (Lipinski definition) is 3. The number of carbonyl (C=O) groups excluding carboxylic acids is 1. The molecule has 0 heterocycles. The van der Waals surface area contributed by atoms with Gasteiger partial charge < -0.3 is 20.7 Å². The minimum Gasteiger partial charge on any atom is -0.492 e. The number of hydrogen-bond acceptors (Lipinski definition) is 4. The highest BCUT2D eigenvalue weighted by Crippen LogP contribution is 2.17. The number of rotatable bonds is 9. The summed E-state index contributed by atoms with van der Waals surface area (Å²) < 4.78 is 5.71. The first-order valence-corrected chi connectivity index (χ1v) is 9.79. The summed E-state index contributed by atoms with van der Waals surface area (Å²) in [7, 11) is 1.75. The third-order valence-corrected chi connectivity index (χ3v) is 4.46.